The Labute approximate surface area is 282 Å². The molecule has 3 aromatic rings. The average Bonchev–Trinajstić information content (AvgIpc) is 3.40. The topological polar surface area (TPSA) is 164 Å². The maximum atomic E-state index is 14.3. The van der Waals surface area contributed by atoms with E-state index >= 15 is 0 Å². The number of aliphatic hydroxyl groups is 1. The number of nitrogens with zero attached hydrogens (tertiary/aromatic N) is 3. The lowest BCUT2D eigenvalue weighted by Gasteiger charge is -2.35. The van der Waals surface area contributed by atoms with Crippen molar-refractivity contribution in [3.05, 3.63) is 65.5 Å². The van der Waals surface area contributed by atoms with Crippen molar-refractivity contribution in [3.8, 4) is 5.75 Å². The van der Waals surface area contributed by atoms with Crippen LogP contribution in [0.2, 0.25) is 0 Å². The van der Waals surface area contributed by atoms with Crippen LogP contribution in [0.25, 0.3) is 0 Å². The number of aromatic nitrogens is 1. The maximum Gasteiger partial charge on any atom is 0.323 e. The zero-order valence-electron chi connectivity index (χ0n) is 28.4. The lowest BCUT2D eigenvalue weighted by molar-refractivity contribution is -0.00835. The first kappa shape index (κ1) is 36.8. The van der Waals surface area contributed by atoms with Gasteiger partial charge in [-0.3, -0.25) is 4.79 Å². The van der Waals surface area contributed by atoms with Crippen LogP contribution in [-0.4, -0.2) is 91.4 Å². The monoisotopic (exact) mass is 685 g/mol. The zero-order chi connectivity index (χ0) is 35.0. The number of hydrogen-bond donors (Lipinski definition) is 3. The number of aliphatic hydroxyl groups excluding tert-OH is 1. The second-order valence-electron chi connectivity index (χ2n) is 12.4. The summed E-state index contributed by atoms with van der Waals surface area (Å²) in [4.78, 5) is 28.7. The molecule has 0 unspecified atom stereocenters. The Kier molecular flexibility index (Phi) is 12.6. The lowest BCUT2D eigenvalue weighted by atomic mass is 10.0. The molecule has 2 aromatic carbocycles. The highest BCUT2D eigenvalue weighted by Crippen LogP contribution is 2.29. The summed E-state index contributed by atoms with van der Waals surface area (Å²) in [6, 6.07) is 12.8. The Morgan fingerprint density at radius 3 is 2.48 bits per heavy atom. The van der Waals surface area contributed by atoms with E-state index in [2.05, 4.69) is 15.8 Å². The molecule has 4 atom stereocenters. The fourth-order valence-electron chi connectivity index (χ4n) is 5.63. The van der Waals surface area contributed by atoms with Crippen LogP contribution in [0.5, 0.6) is 5.75 Å². The normalized spacial score (nSPS) is 20.4. The minimum Gasteiger partial charge on any atom is -0.490 e. The van der Waals surface area contributed by atoms with Crippen LogP contribution in [0.3, 0.4) is 0 Å². The van der Waals surface area contributed by atoms with Crippen molar-refractivity contribution in [2.24, 2.45) is 5.92 Å². The number of anilines is 2. The number of hydrogen-bond acceptors (Lipinski definition) is 9. The van der Waals surface area contributed by atoms with Gasteiger partial charge in [-0.05, 0) is 77.3 Å². The van der Waals surface area contributed by atoms with Crippen LogP contribution in [0.1, 0.15) is 61.8 Å². The number of amides is 3. The number of benzene rings is 2. The average molecular weight is 686 g/mol. The van der Waals surface area contributed by atoms with Gasteiger partial charge in [0.15, 0.2) is 5.76 Å². The van der Waals surface area contributed by atoms with Gasteiger partial charge in [0.05, 0.1) is 30.4 Å². The predicted octanol–water partition coefficient (Wildman–Crippen LogP) is 5.05. The van der Waals surface area contributed by atoms with Gasteiger partial charge >= 0.3 is 6.03 Å². The second-order valence-corrected chi connectivity index (χ2v) is 14.4. The highest BCUT2D eigenvalue weighted by Gasteiger charge is 2.34. The highest BCUT2D eigenvalue weighted by molar-refractivity contribution is 7.89. The molecular formula is C34H47N5O8S. The molecule has 0 aliphatic carbocycles. The first-order chi connectivity index (χ1) is 22.8. The summed E-state index contributed by atoms with van der Waals surface area (Å²) < 4.78 is 46.0. The van der Waals surface area contributed by atoms with E-state index in [1.807, 2.05) is 32.0 Å². The van der Waals surface area contributed by atoms with Crippen molar-refractivity contribution in [2.45, 2.75) is 77.0 Å². The molecule has 1 aliphatic rings. The van der Waals surface area contributed by atoms with Crippen molar-refractivity contribution in [3.63, 3.8) is 0 Å². The van der Waals surface area contributed by atoms with Gasteiger partial charge in [0.25, 0.3) is 5.91 Å². The van der Waals surface area contributed by atoms with Crippen LogP contribution >= 0.6 is 0 Å². The predicted molar refractivity (Wildman–Crippen MR) is 182 cm³/mol. The molecule has 0 spiro atoms. The van der Waals surface area contributed by atoms with Gasteiger partial charge in [-0.2, -0.15) is 4.31 Å². The third kappa shape index (κ3) is 9.13. The summed E-state index contributed by atoms with van der Waals surface area (Å²) in [5, 5.41) is 19.6. The van der Waals surface area contributed by atoms with E-state index in [1.54, 1.807) is 51.1 Å². The molecule has 0 saturated heterocycles. The van der Waals surface area contributed by atoms with Gasteiger partial charge in [-0.15, -0.1) is 0 Å². The van der Waals surface area contributed by atoms with E-state index in [9.17, 15) is 23.1 Å². The molecule has 0 saturated carbocycles. The first-order valence-corrected chi connectivity index (χ1v) is 17.6. The Bertz CT molecular complexity index is 1630. The number of nitrogens with one attached hydrogen (secondary N) is 2. The smallest absolute Gasteiger partial charge is 0.323 e. The number of para-hydroxylation sites is 1. The summed E-state index contributed by atoms with van der Waals surface area (Å²) in [5.41, 5.74) is 1.49. The fraction of sp³-hybridized carbons (Fsp3) is 0.500. The molecule has 1 aromatic heterocycles. The number of ether oxygens (including phenoxy) is 2. The molecule has 0 bridgehead atoms. The van der Waals surface area contributed by atoms with Crippen molar-refractivity contribution in [2.75, 3.05) is 44.0 Å². The number of carbonyl (C=O) groups excluding carboxylic acids is 2. The maximum absolute atomic E-state index is 14.3. The molecule has 0 radical (unpaired) electrons. The van der Waals surface area contributed by atoms with Crippen LogP contribution in [0.4, 0.5) is 16.2 Å². The minimum atomic E-state index is -3.95. The molecule has 13 nitrogen and oxygen atoms in total. The van der Waals surface area contributed by atoms with Crippen molar-refractivity contribution in [1.82, 2.24) is 14.4 Å². The standard InChI is InChI=1S/C34H47N5O8S/c1-22-19-39(23(2)21-40)33(41)29-18-28(36-34(42)35-27-13-8-7-9-14-27)15-16-30(29)46-24(3)12-10-11-17-45-31(22)20-38(6)48(43,44)32-25(4)37-47-26(32)5/h7-9,13-16,18,22-24,31,40H,10-12,17,19-21H2,1-6H3,(H2,35,36,42)/t22-,23-,24-,31+/m1/s1. The van der Waals surface area contributed by atoms with E-state index in [0.717, 1.165) is 12.8 Å². The summed E-state index contributed by atoms with van der Waals surface area (Å²) >= 11 is 0. The molecule has 2 heterocycles. The van der Waals surface area contributed by atoms with Crippen LogP contribution in [0, 0.1) is 19.8 Å². The molecule has 4 rings (SSSR count). The van der Waals surface area contributed by atoms with Gasteiger partial charge < -0.3 is 34.6 Å². The van der Waals surface area contributed by atoms with E-state index in [0.29, 0.717) is 30.2 Å². The van der Waals surface area contributed by atoms with E-state index in [-0.39, 0.29) is 53.6 Å². The third-order valence-corrected chi connectivity index (χ3v) is 10.5. The molecule has 3 N–H and O–H groups in total. The lowest BCUT2D eigenvalue weighted by Crippen LogP contribution is -2.48. The van der Waals surface area contributed by atoms with Crippen molar-refractivity contribution < 1.29 is 37.1 Å². The summed E-state index contributed by atoms with van der Waals surface area (Å²) in [6.07, 6.45) is 1.38. The first-order valence-electron chi connectivity index (χ1n) is 16.2. The van der Waals surface area contributed by atoms with Gasteiger partial charge in [-0.1, -0.05) is 30.3 Å². The number of aryl methyl sites for hydroxylation is 2. The Morgan fingerprint density at radius 1 is 1.10 bits per heavy atom. The van der Waals surface area contributed by atoms with Crippen LogP contribution < -0.4 is 15.4 Å². The molecule has 48 heavy (non-hydrogen) atoms. The van der Waals surface area contributed by atoms with Gasteiger partial charge in [0, 0.05) is 44.0 Å². The summed E-state index contributed by atoms with van der Waals surface area (Å²) in [5.74, 6) is -0.201. The molecule has 14 heteroatoms. The Morgan fingerprint density at radius 2 is 1.81 bits per heavy atom. The SMILES string of the molecule is Cc1noc(C)c1S(=O)(=O)N(C)C[C@@H]1OCCCC[C@@H](C)Oc2ccc(NC(=O)Nc3ccccc3)cc2C(=O)N([C@H](C)CO)C[C@H]1C. The van der Waals surface area contributed by atoms with E-state index in [4.69, 9.17) is 14.0 Å². The number of fused-ring (bicyclic) bond motifs is 1. The second kappa shape index (κ2) is 16.4. The number of urea groups is 1. The number of rotatable bonds is 8. The van der Waals surface area contributed by atoms with Crippen molar-refractivity contribution >= 4 is 33.3 Å². The van der Waals surface area contributed by atoms with E-state index < -0.39 is 34.1 Å². The Balaban J connectivity index is 1.64. The zero-order valence-corrected chi connectivity index (χ0v) is 29.2. The number of carbonyl (C=O) groups is 2. The Hall–Kier alpha value is -3.98. The van der Waals surface area contributed by atoms with Gasteiger partial charge in [0.1, 0.15) is 16.3 Å². The number of sulfonamides is 1. The number of likely N-dealkylation sites (N-methyl/N-ethyl adjacent to an activating group) is 1. The molecule has 3 amide bonds. The van der Waals surface area contributed by atoms with Gasteiger partial charge in [0.2, 0.25) is 10.0 Å². The largest absolute Gasteiger partial charge is 0.490 e. The van der Waals surface area contributed by atoms with E-state index in [1.165, 1.54) is 16.3 Å². The molecule has 0 fully saturated rings. The quantitative estimate of drug-likeness (QED) is 0.294. The van der Waals surface area contributed by atoms with Gasteiger partial charge in [-0.25, -0.2) is 13.2 Å². The van der Waals surface area contributed by atoms with Crippen LogP contribution in [-0.2, 0) is 14.8 Å². The highest BCUT2D eigenvalue weighted by atomic mass is 32.2. The summed E-state index contributed by atoms with van der Waals surface area (Å²) in [6.45, 7) is 8.93. The summed E-state index contributed by atoms with van der Waals surface area (Å²) in [7, 11) is -2.46. The minimum absolute atomic E-state index is 0.0177. The third-order valence-electron chi connectivity index (χ3n) is 8.41. The fourth-order valence-corrected chi connectivity index (χ4v) is 7.09. The van der Waals surface area contributed by atoms with Crippen molar-refractivity contribution in [1.29, 1.82) is 0 Å². The molecule has 262 valence electrons. The molecular weight excluding hydrogens is 638 g/mol. The molecule has 1 aliphatic heterocycles. The van der Waals surface area contributed by atoms with Crippen LogP contribution in [0.15, 0.2) is 57.9 Å².